The van der Waals surface area contributed by atoms with Crippen LogP contribution in [0.15, 0.2) is 36.4 Å². The number of benzene rings is 1. The average Bonchev–Trinajstić information content (AvgIpc) is 2.78. The van der Waals surface area contributed by atoms with Crippen molar-refractivity contribution in [2.45, 2.75) is 52.2 Å². The number of hydrazine groups is 1. The molecule has 2 rings (SSSR count). The van der Waals surface area contributed by atoms with Crippen LogP contribution in [0.1, 0.15) is 51.5 Å². The molecule has 1 saturated heterocycles. The molecule has 1 fully saturated rings. The second-order valence-electron chi connectivity index (χ2n) is 8.64. The van der Waals surface area contributed by atoms with Gasteiger partial charge in [-0.05, 0) is 37.2 Å². The number of hydroxylamine groups is 1. The van der Waals surface area contributed by atoms with Gasteiger partial charge in [-0.25, -0.2) is 18.7 Å². The summed E-state index contributed by atoms with van der Waals surface area (Å²) < 4.78 is 28.4. The first-order chi connectivity index (χ1) is 15.7. The third-order valence-electron chi connectivity index (χ3n) is 5.17. The van der Waals surface area contributed by atoms with E-state index in [1.807, 2.05) is 61.2 Å². The highest BCUT2D eigenvalue weighted by Crippen LogP contribution is 2.26. The highest BCUT2D eigenvalue weighted by molar-refractivity contribution is 7.88. The SMILES string of the molecule is CC(C)C[C@@H](C(=O)NNS(C)(=O)=O)[C@H](CC=Cc1ccccc1)C(=O)NO[C@@H]1CCCCO1. The molecule has 184 valence electrons. The van der Waals surface area contributed by atoms with E-state index in [1.54, 1.807) is 0 Å². The van der Waals surface area contributed by atoms with Gasteiger partial charge in [-0.3, -0.25) is 15.0 Å². The van der Waals surface area contributed by atoms with Gasteiger partial charge in [0.2, 0.25) is 21.8 Å². The first-order valence-electron chi connectivity index (χ1n) is 11.2. The van der Waals surface area contributed by atoms with Gasteiger partial charge in [-0.15, -0.1) is 4.83 Å². The van der Waals surface area contributed by atoms with E-state index in [9.17, 15) is 18.0 Å². The van der Waals surface area contributed by atoms with E-state index in [-0.39, 0.29) is 12.3 Å². The Morgan fingerprint density at radius 1 is 1.15 bits per heavy atom. The normalized spacial score (nSPS) is 18.7. The fraction of sp³-hybridized carbons (Fsp3) is 0.565. The quantitative estimate of drug-likeness (QED) is 0.394. The van der Waals surface area contributed by atoms with Crippen LogP contribution in [0.5, 0.6) is 0 Å². The van der Waals surface area contributed by atoms with Crippen molar-refractivity contribution in [3.63, 3.8) is 0 Å². The van der Waals surface area contributed by atoms with Gasteiger partial charge in [0.15, 0.2) is 6.29 Å². The fourth-order valence-electron chi connectivity index (χ4n) is 3.57. The number of rotatable bonds is 12. The van der Waals surface area contributed by atoms with Crippen molar-refractivity contribution in [1.82, 2.24) is 15.7 Å². The molecule has 0 saturated carbocycles. The summed E-state index contributed by atoms with van der Waals surface area (Å²) in [5.74, 6) is -2.50. The van der Waals surface area contributed by atoms with Crippen LogP contribution in [-0.4, -0.2) is 39.4 Å². The lowest BCUT2D eigenvalue weighted by Crippen LogP contribution is -2.49. The van der Waals surface area contributed by atoms with Gasteiger partial charge < -0.3 is 4.74 Å². The summed E-state index contributed by atoms with van der Waals surface area (Å²) in [5, 5.41) is 0. The zero-order valence-electron chi connectivity index (χ0n) is 19.5. The fourth-order valence-corrected chi connectivity index (χ4v) is 3.86. The molecule has 1 aromatic carbocycles. The van der Waals surface area contributed by atoms with Gasteiger partial charge in [-0.1, -0.05) is 56.3 Å². The summed E-state index contributed by atoms with van der Waals surface area (Å²) >= 11 is 0. The van der Waals surface area contributed by atoms with Crippen LogP contribution < -0.4 is 15.7 Å². The van der Waals surface area contributed by atoms with Gasteiger partial charge in [0.1, 0.15) is 0 Å². The number of hydrogen-bond acceptors (Lipinski definition) is 6. The summed E-state index contributed by atoms with van der Waals surface area (Å²) in [5.41, 5.74) is 5.66. The van der Waals surface area contributed by atoms with Gasteiger partial charge in [0.25, 0.3) is 0 Å². The lowest BCUT2D eigenvalue weighted by molar-refractivity contribution is -0.203. The minimum Gasteiger partial charge on any atom is -0.350 e. The molecule has 33 heavy (non-hydrogen) atoms. The van der Waals surface area contributed by atoms with Crippen molar-refractivity contribution in [3.05, 3.63) is 42.0 Å². The molecule has 0 bridgehead atoms. The lowest BCUT2D eigenvalue weighted by atomic mass is 9.82. The van der Waals surface area contributed by atoms with E-state index in [0.717, 1.165) is 24.7 Å². The molecule has 0 aromatic heterocycles. The predicted octanol–water partition coefficient (Wildman–Crippen LogP) is 2.52. The van der Waals surface area contributed by atoms with Crippen molar-refractivity contribution in [1.29, 1.82) is 0 Å². The van der Waals surface area contributed by atoms with Crippen LogP contribution >= 0.6 is 0 Å². The zero-order valence-corrected chi connectivity index (χ0v) is 20.3. The Labute approximate surface area is 196 Å². The molecule has 3 atom stereocenters. The summed E-state index contributed by atoms with van der Waals surface area (Å²) in [6.07, 6.45) is 7.35. The largest absolute Gasteiger partial charge is 0.350 e. The Morgan fingerprint density at radius 2 is 1.88 bits per heavy atom. The molecule has 9 nitrogen and oxygen atoms in total. The Hall–Kier alpha value is -2.27. The summed E-state index contributed by atoms with van der Waals surface area (Å²) in [6.45, 7) is 4.44. The number of carbonyl (C=O) groups is 2. The summed E-state index contributed by atoms with van der Waals surface area (Å²) in [4.78, 5) is 33.5. The van der Waals surface area contributed by atoms with Crippen LogP contribution in [0.4, 0.5) is 0 Å². The van der Waals surface area contributed by atoms with Crippen molar-refractivity contribution < 1.29 is 27.6 Å². The third-order valence-corrected chi connectivity index (χ3v) is 5.65. The van der Waals surface area contributed by atoms with Crippen LogP contribution in [0.3, 0.4) is 0 Å². The third kappa shape index (κ3) is 10.5. The van der Waals surface area contributed by atoms with Gasteiger partial charge in [-0.2, -0.15) is 0 Å². The van der Waals surface area contributed by atoms with Crippen LogP contribution in [0.25, 0.3) is 6.08 Å². The first-order valence-corrected chi connectivity index (χ1v) is 13.1. The molecule has 1 aliphatic heterocycles. The summed E-state index contributed by atoms with van der Waals surface area (Å²) in [6, 6.07) is 9.60. The van der Waals surface area contributed by atoms with Gasteiger partial charge >= 0.3 is 0 Å². The maximum absolute atomic E-state index is 13.1. The highest BCUT2D eigenvalue weighted by atomic mass is 32.2. The summed E-state index contributed by atoms with van der Waals surface area (Å²) in [7, 11) is -3.64. The smallest absolute Gasteiger partial charge is 0.247 e. The predicted molar refractivity (Wildman–Crippen MR) is 125 cm³/mol. The molecule has 3 N–H and O–H groups in total. The molecule has 2 amide bonds. The topological polar surface area (TPSA) is 123 Å². The van der Waals surface area contributed by atoms with Gasteiger partial charge in [0, 0.05) is 13.0 Å². The van der Waals surface area contributed by atoms with Crippen molar-refractivity contribution in [3.8, 4) is 0 Å². The molecule has 1 aliphatic rings. The average molecular weight is 482 g/mol. The molecular formula is C23H35N3O6S. The Balaban J connectivity index is 2.17. The number of sulfonamides is 1. The van der Waals surface area contributed by atoms with E-state index < -0.39 is 40.0 Å². The minimum atomic E-state index is -3.64. The maximum Gasteiger partial charge on any atom is 0.247 e. The second kappa shape index (κ2) is 13.4. The maximum atomic E-state index is 13.1. The van der Waals surface area contributed by atoms with E-state index in [4.69, 9.17) is 9.57 Å². The lowest BCUT2D eigenvalue weighted by Gasteiger charge is -2.27. The number of allylic oxidation sites excluding steroid dienone is 1. The number of nitrogens with one attached hydrogen (secondary N) is 3. The molecule has 1 aromatic rings. The minimum absolute atomic E-state index is 0.0926. The number of ether oxygens (including phenoxy) is 1. The highest BCUT2D eigenvalue weighted by Gasteiger charge is 2.34. The number of carbonyl (C=O) groups excluding carboxylic acids is 2. The Kier molecular flexibility index (Phi) is 11.0. The van der Waals surface area contributed by atoms with Crippen molar-refractivity contribution in [2.24, 2.45) is 17.8 Å². The monoisotopic (exact) mass is 481 g/mol. The van der Waals surface area contributed by atoms with E-state index >= 15 is 0 Å². The molecule has 0 radical (unpaired) electrons. The van der Waals surface area contributed by atoms with Crippen LogP contribution in [0.2, 0.25) is 0 Å². The van der Waals surface area contributed by atoms with Crippen molar-refractivity contribution >= 4 is 27.9 Å². The number of hydrogen-bond donors (Lipinski definition) is 3. The first kappa shape index (κ1) is 27.0. The van der Waals surface area contributed by atoms with Crippen molar-refractivity contribution in [2.75, 3.05) is 12.9 Å². The van der Waals surface area contributed by atoms with E-state index in [0.29, 0.717) is 19.4 Å². The van der Waals surface area contributed by atoms with E-state index in [2.05, 4.69) is 10.9 Å². The standard InChI is InChI=1S/C23H35N3O6S/c1-17(2)16-20(22(27)24-26-33(3,29)30)19(13-9-12-18-10-5-4-6-11-18)23(28)25-32-21-14-7-8-15-31-21/h4-6,9-12,17,19-21,26H,7-8,13-16H2,1-3H3,(H,24,27)(H,25,28)/t19-,20+,21+/m0/s1. The molecule has 0 spiro atoms. The molecule has 0 aliphatic carbocycles. The van der Waals surface area contributed by atoms with Crippen LogP contribution in [-0.2, 0) is 29.2 Å². The molecule has 1 heterocycles. The van der Waals surface area contributed by atoms with E-state index in [1.165, 1.54) is 0 Å². The number of amides is 2. The van der Waals surface area contributed by atoms with Crippen LogP contribution in [0, 0.1) is 17.8 Å². The Bertz CT molecular complexity index is 883. The van der Waals surface area contributed by atoms with Gasteiger partial charge in [0.05, 0.1) is 18.1 Å². The molecular weight excluding hydrogens is 446 g/mol. The second-order valence-corrected chi connectivity index (χ2v) is 10.4. The molecule has 0 unspecified atom stereocenters. The molecule has 10 heteroatoms. The Morgan fingerprint density at radius 3 is 2.48 bits per heavy atom. The zero-order chi connectivity index (χ0) is 24.3.